The van der Waals surface area contributed by atoms with Crippen LogP contribution in [-0.2, 0) is 24.3 Å². The van der Waals surface area contributed by atoms with Crippen LogP contribution in [0.2, 0.25) is 0 Å². The Kier molecular flexibility index (Phi) is 7.89. The fourth-order valence-corrected chi connectivity index (χ4v) is 4.42. The fraction of sp³-hybridized carbons (Fsp3) is 0.276. The highest BCUT2D eigenvalue weighted by atomic mass is 16.3. The van der Waals surface area contributed by atoms with E-state index >= 15 is 0 Å². The van der Waals surface area contributed by atoms with E-state index in [1.165, 1.54) is 12.1 Å². The molecule has 2 amide bonds. The van der Waals surface area contributed by atoms with Crippen LogP contribution in [-0.4, -0.2) is 64.0 Å². The van der Waals surface area contributed by atoms with Crippen molar-refractivity contribution >= 4 is 17.5 Å². The Morgan fingerprint density at radius 1 is 1.08 bits per heavy atom. The second-order valence-corrected chi connectivity index (χ2v) is 9.50. The Labute approximate surface area is 217 Å². The summed E-state index contributed by atoms with van der Waals surface area (Å²) in [7, 11) is 3.89. The zero-order valence-electron chi connectivity index (χ0n) is 21.4. The van der Waals surface area contributed by atoms with Gasteiger partial charge in [-0.3, -0.25) is 14.6 Å². The summed E-state index contributed by atoms with van der Waals surface area (Å²) in [5, 5.41) is 20.2. The summed E-state index contributed by atoms with van der Waals surface area (Å²) in [4.78, 5) is 36.2. The van der Waals surface area contributed by atoms with Crippen molar-refractivity contribution in [1.29, 1.82) is 0 Å². The van der Waals surface area contributed by atoms with Crippen molar-refractivity contribution in [1.82, 2.24) is 14.8 Å². The lowest BCUT2D eigenvalue weighted by molar-refractivity contribution is -0.114. The van der Waals surface area contributed by atoms with E-state index in [4.69, 9.17) is 0 Å². The molecule has 4 rings (SSSR count). The first-order valence-corrected chi connectivity index (χ1v) is 12.2. The van der Waals surface area contributed by atoms with Gasteiger partial charge in [-0.15, -0.1) is 0 Å². The number of nitrogens with zero attached hydrogens (tertiary/aromatic N) is 4. The van der Waals surface area contributed by atoms with E-state index < -0.39 is 0 Å². The van der Waals surface area contributed by atoms with E-state index in [2.05, 4.69) is 4.98 Å². The molecule has 2 aromatic carbocycles. The summed E-state index contributed by atoms with van der Waals surface area (Å²) in [6.45, 7) is 3.45. The normalized spacial score (nSPS) is 12.8. The number of carbonyl (C=O) groups excluding carboxylic acids is 2. The maximum atomic E-state index is 13.4. The van der Waals surface area contributed by atoms with Gasteiger partial charge in [0.05, 0.1) is 5.56 Å². The Morgan fingerprint density at radius 3 is 2.62 bits per heavy atom. The second kappa shape index (κ2) is 11.3. The minimum atomic E-state index is -0.332. The van der Waals surface area contributed by atoms with Crippen molar-refractivity contribution < 1.29 is 19.8 Å². The molecule has 0 radical (unpaired) electrons. The predicted molar refractivity (Wildman–Crippen MR) is 143 cm³/mol. The first-order chi connectivity index (χ1) is 17.7. The molecule has 0 unspecified atom stereocenters. The van der Waals surface area contributed by atoms with Gasteiger partial charge in [-0.05, 0) is 62.3 Å². The summed E-state index contributed by atoms with van der Waals surface area (Å²) < 4.78 is 0. The molecule has 2 heterocycles. The number of hydrogen-bond donors (Lipinski definition) is 2. The van der Waals surface area contributed by atoms with Crippen LogP contribution in [0.3, 0.4) is 0 Å². The van der Waals surface area contributed by atoms with Crippen LogP contribution in [0, 0.1) is 6.92 Å². The zero-order valence-corrected chi connectivity index (χ0v) is 21.4. The number of fused-ring (bicyclic) bond motifs is 1. The number of aromatic hydroxyl groups is 2. The number of carbonyl (C=O) groups is 2. The van der Waals surface area contributed by atoms with Crippen LogP contribution < -0.4 is 4.90 Å². The van der Waals surface area contributed by atoms with Gasteiger partial charge in [0, 0.05) is 62.0 Å². The number of phenolic OH excluding ortho intramolecular Hbond substituents is 2. The molecule has 0 spiro atoms. The molecule has 0 fully saturated rings. The lowest BCUT2D eigenvalue weighted by atomic mass is 10.1. The molecule has 8 heteroatoms. The standard InChI is InChI=1S/C29H32N4O4/c1-20-15-23(27(35)16-26(20)34)29(37)32-18-22-8-4-9-25(24(22)19-32)33(28(36)10-6-13-31(2)3)14-11-21-7-5-12-30-17-21/h4-10,12,15-17,34-35H,11,13-14,18-19H2,1-3H3/b10-6+. The van der Waals surface area contributed by atoms with Crippen LogP contribution >= 0.6 is 0 Å². The zero-order chi connectivity index (χ0) is 26.5. The molecule has 0 saturated heterocycles. The van der Waals surface area contributed by atoms with Crippen LogP contribution in [0.5, 0.6) is 11.5 Å². The summed E-state index contributed by atoms with van der Waals surface area (Å²) >= 11 is 0. The Hall–Kier alpha value is -4.17. The molecule has 1 aliphatic heterocycles. The molecule has 0 atom stereocenters. The van der Waals surface area contributed by atoms with Crippen molar-refractivity contribution in [2.24, 2.45) is 0 Å². The molecule has 0 bridgehead atoms. The fourth-order valence-electron chi connectivity index (χ4n) is 4.42. The van der Waals surface area contributed by atoms with E-state index in [0.717, 1.165) is 22.4 Å². The summed E-state index contributed by atoms with van der Waals surface area (Å²) in [6, 6.07) is 12.3. The lowest BCUT2D eigenvalue weighted by Crippen LogP contribution is -2.33. The van der Waals surface area contributed by atoms with Gasteiger partial charge in [0.15, 0.2) is 0 Å². The average molecular weight is 501 g/mol. The van der Waals surface area contributed by atoms with Crippen molar-refractivity contribution in [2.75, 3.05) is 32.1 Å². The van der Waals surface area contributed by atoms with Crippen molar-refractivity contribution in [3.05, 3.63) is 94.8 Å². The Morgan fingerprint density at radius 2 is 1.89 bits per heavy atom. The van der Waals surface area contributed by atoms with Crippen LogP contribution in [0.25, 0.3) is 0 Å². The van der Waals surface area contributed by atoms with E-state index in [1.807, 2.05) is 55.4 Å². The molecule has 192 valence electrons. The summed E-state index contributed by atoms with van der Waals surface area (Å²) in [6.07, 6.45) is 7.59. The first-order valence-electron chi connectivity index (χ1n) is 12.2. The highest BCUT2D eigenvalue weighted by molar-refractivity contribution is 6.02. The van der Waals surface area contributed by atoms with E-state index in [-0.39, 0.29) is 28.9 Å². The third-order valence-electron chi connectivity index (χ3n) is 6.43. The van der Waals surface area contributed by atoms with Gasteiger partial charge < -0.3 is 24.9 Å². The number of anilines is 1. The number of benzene rings is 2. The monoisotopic (exact) mass is 500 g/mol. The predicted octanol–water partition coefficient (Wildman–Crippen LogP) is 3.65. The van der Waals surface area contributed by atoms with Crippen molar-refractivity contribution in [3.63, 3.8) is 0 Å². The number of phenols is 2. The number of likely N-dealkylation sites (N-methyl/N-ethyl adjacent to an activating group) is 1. The summed E-state index contributed by atoms with van der Waals surface area (Å²) in [5.74, 6) is -0.785. The SMILES string of the molecule is Cc1cc(C(=O)N2Cc3cccc(N(CCc4cccnc4)C(=O)/C=C/CN(C)C)c3C2)c(O)cc1O. The van der Waals surface area contributed by atoms with Gasteiger partial charge in [0.2, 0.25) is 0 Å². The van der Waals surface area contributed by atoms with Gasteiger partial charge >= 0.3 is 0 Å². The first kappa shape index (κ1) is 25.9. The molecule has 3 aromatic rings. The van der Waals surface area contributed by atoms with Gasteiger partial charge in [-0.25, -0.2) is 0 Å². The molecule has 1 aromatic heterocycles. The van der Waals surface area contributed by atoms with Gasteiger partial charge in [-0.1, -0.05) is 24.3 Å². The summed E-state index contributed by atoms with van der Waals surface area (Å²) in [5.41, 5.74) is 4.31. The second-order valence-electron chi connectivity index (χ2n) is 9.50. The van der Waals surface area contributed by atoms with Crippen molar-refractivity contribution in [3.8, 4) is 11.5 Å². The van der Waals surface area contributed by atoms with E-state index in [9.17, 15) is 19.8 Å². The maximum absolute atomic E-state index is 13.4. The molecular weight excluding hydrogens is 468 g/mol. The molecule has 8 nitrogen and oxygen atoms in total. The topological polar surface area (TPSA) is 97.2 Å². The minimum Gasteiger partial charge on any atom is -0.508 e. The number of aromatic nitrogens is 1. The molecule has 0 saturated carbocycles. The molecular formula is C29H32N4O4. The third kappa shape index (κ3) is 5.98. The number of rotatable bonds is 8. The van der Waals surface area contributed by atoms with Crippen LogP contribution in [0.15, 0.2) is 67.0 Å². The van der Waals surface area contributed by atoms with Crippen molar-refractivity contribution in [2.45, 2.75) is 26.4 Å². The average Bonchev–Trinajstić information content (AvgIpc) is 3.31. The number of pyridine rings is 1. The van der Waals surface area contributed by atoms with Gasteiger partial charge in [-0.2, -0.15) is 0 Å². The van der Waals surface area contributed by atoms with Gasteiger partial charge in [0.1, 0.15) is 11.5 Å². The number of aryl methyl sites for hydroxylation is 1. The quantitative estimate of drug-likeness (QED) is 0.459. The number of hydrogen-bond acceptors (Lipinski definition) is 6. The smallest absolute Gasteiger partial charge is 0.258 e. The largest absolute Gasteiger partial charge is 0.508 e. The Bertz CT molecular complexity index is 1320. The van der Waals surface area contributed by atoms with E-state index in [0.29, 0.717) is 38.2 Å². The molecule has 0 aliphatic carbocycles. The minimum absolute atomic E-state index is 0.0638. The number of amides is 2. The highest BCUT2D eigenvalue weighted by Gasteiger charge is 2.30. The Balaban J connectivity index is 1.62. The van der Waals surface area contributed by atoms with Gasteiger partial charge in [0.25, 0.3) is 11.8 Å². The molecule has 37 heavy (non-hydrogen) atoms. The lowest BCUT2D eigenvalue weighted by Gasteiger charge is -2.24. The highest BCUT2D eigenvalue weighted by Crippen LogP contribution is 2.35. The third-order valence-corrected chi connectivity index (χ3v) is 6.43. The van der Waals surface area contributed by atoms with Crippen LogP contribution in [0.4, 0.5) is 5.69 Å². The van der Waals surface area contributed by atoms with E-state index in [1.54, 1.807) is 35.2 Å². The molecule has 1 aliphatic rings. The molecule has 2 N–H and O–H groups in total. The maximum Gasteiger partial charge on any atom is 0.258 e. The van der Waals surface area contributed by atoms with Crippen LogP contribution in [0.1, 0.15) is 32.6 Å².